The Kier molecular flexibility index (Phi) is 4.82. The Morgan fingerprint density at radius 2 is 1.76 bits per heavy atom. The first-order valence-electron chi connectivity index (χ1n) is 6.75. The SMILES string of the molecule is COc1ccccc1N(C)CC(C(=O)O)c1ccccc1. The zero-order valence-electron chi connectivity index (χ0n) is 12.2. The number of benzene rings is 2. The van der Waals surface area contributed by atoms with Gasteiger partial charge in [0.1, 0.15) is 5.75 Å². The molecule has 0 radical (unpaired) electrons. The van der Waals surface area contributed by atoms with Crippen LogP contribution in [0.2, 0.25) is 0 Å². The number of anilines is 1. The van der Waals surface area contributed by atoms with Gasteiger partial charge in [0.25, 0.3) is 0 Å². The van der Waals surface area contributed by atoms with Crippen molar-refractivity contribution in [1.82, 2.24) is 0 Å². The monoisotopic (exact) mass is 285 g/mol. The van der Waals surface area contributed by atoms with Crippen LogP contribution in [0, 0.1) is 0 Å². The Bertz CT molecular complexity index is 598. The molecule has 0 amide bonds. The fourth-order valence-electron chi connectivity index (χ4n) is 2.33. The molecule has 0 bridgehead atoms. The topological polar surface area (TPSA) is 49.8 Å². The molecule has 0 saturated heterocycles. The van der Waals surface area contributed by atoms with E-state index in [1.54, 1.807) is 7.11 Å². The van der Waals surface area contributed by atoms with Crippen LogP contribution in [0.1, 0.15) is 11.5 Å². The highest BCUT2D eigenvalue weighted by Gasteiger charge is 2.22. The second-order valence-corrected chi connectivity index (χ2v) is 4.85. The van der Waals surface area contributed by atoms with Crippen LogP contribution in [0.15, 0.2) is 54.6 Å². The summed E-state index contributed by atoms with van der Waals surface area (Å²) in [6, 6.07) is 16.9. The summed E-state index contributed by atoms with van der Waals surface area (Å²) in [4.78, 5) is 13.5. The molecule has 2 aromatic carbocycles. The number of aliphatic carboxylic acids is 1. The van der Waals surface area contributed by atoms with Gasteiger partial charge in [0.2, 0.25) is 0 Å². The maximum Gasteiger partial charge on any atom is 0.312 e. The van der Waals surface area contributed by atoms with Gasteiger partial charge in [0.05, 0.1) is 18.7 Å². The van der Waals surface area contributed by atoms with Gasteiger partial charge >= 0.3 is 5.97 Å². The minimum absolute atomic E-state index is 0.375. The molecule has 1 N–H and O–H groups in total. The van der Waals surface area contributed by atoms with E-state index in [9.17, 15) is 9.90 Å². The highest BCUT2D eigenvalue weighted by atomic mass is 16.5. The van der Waals surface area contributed by atoms with Crippen LogP contribution in [0.3, 0.4) is 0 Å². The lowest BCUT2D eigenvalue weighted by Crippen LogP contribution is -2.29. The molecule has 0 fully saturated rings. The number of para-hydroxylation sites is 2. The third kappa shape index (κ3) is 3.54. The van der Waals surface area contributed by atoms with Gasteiger partial charge in [0.15, 0.2) is 0 Å². The van der Waals surface area contributed by atoms with Crippen molar-refractivity contribution in [3.63, 3.8) is 0 Å². The molecule has 2 rings (SSSR count). The van der Waals surface area contributed by atoms with Crippen molar-refractivity contribution < 1.29 is 14.6 Å². The second-order valence-electron chi connectivity index (χ2n) is 4.85. The van der Waals surface area contributed by atoms with Gasteiger partial charge < -0.3 is 14.7 Å². The number of likely N-dealkylation sites (N-methyl/N-ethyl adjacent to an activating group) is 1. The summed E-state index contributed by atoms with van der Waals surface area (Å²) in [5, 5.41) is 9.49. The van der Waals surface area contributed by atoms with Crippen LogP contribution in [-0.2, 0) is 4.79 Å². The van der Waals surface area contributed by atoms with Crippen LogP contribution in [0.25, 0.3) is 0 Å². The van der Waals surface area contributed by atoms with Gasteiger partial charge in [-0.1, -0.05) is 42.5 Å². The molecular formula is C17H19NO3. The van der Waals surface area contributed by atoms with Gasteiger partial charge in [-0.05, 0) is 17.7 Å². The number of nitrogens with zero attached hydrogens (tertiary/aromatic N) is 1. The number of carboxylic acids is 1. The number of methoxy groups -OCH3 is 1. The fraction of sp³-hybridized carbons (Fsp3) is 0.235. The normalized spacial score (nSPS) is 11.7. The van der Waals surface area contributed by atoms with Crippen molar-refractivity contribution in [2.75, 3.05) is 25.6 Å². The van der Waals surface area contributed by atoms with E-state index < -0.39 is 11.9 Å². The summed E-state index contributed by atoms with van der Waals surface area (Å²) in [6.07, 6.45) is 0. The van der Waals surface area contributed by atoms with Crippen LogP contribution < -0.4 is 9.64 Å². The summed E-state index contributed by atoms with van der Waals surface area (Å²) >= 11 is 0. The number of carbonyl (C=O) groups is 1. The first kappa shape index (κ1) is 14.9. The first-order chi connectivity index (χ1) is 10.1. The number of hydrogen-bond donors (Lipinski definition) is 1. The van der Waals surface area contributed by atoms with E-state index in [0.29, 0.717) is 6.54 Å². The Morgan fingerprint density at radius 1 is 1.14 bits per heavy atom. The van der Waals surface area contributed by atoms with Crippen LogP contribution in [-0.4, -0.2) is 31.8 Å². The molecule has 1 unspecified atom stereocenters. The van der Waals surface area contributed by atoms with Crippen LogP contribution in [0.5, 0.6) is 5.75 Å². The first-order valence-corrected chi connectivity index (χ1v) is 6.75. The molecule has 0 spiro atoms. The summed E-state index contributed by atoms with van der Waals surface area (Å²) < 4.78 is 5.33. The molecule has 0 aliphatic rings. The summed E-state index contributed by atoms with van der Waals surface area (Å²) in [6.45, 7) is 0.375. The number of ether oxygens (including phenoxy) is 1. The van der Waals surface area contributed by atoms with Crippen molar-refractivity contribution >= 4 is 11.7 Å². The van der Waals surface area contributed by atoms with E-state index in [0.717, 1.165) is 17.0 Å². The molecule has 110 valence electrons. The van der Waals surface area contributed by atoms with Gasteiger partial charge in [-0.25, -0.2) is 0 Å². The Labute approximate surface area is 124 Å². The zero-order valence-corrected chi connectivity index (χ0v) is 12.2. The average Bonchev–Trinajstić information content (AvgIpc) is 2.52. The quantitative estimate of drug-likeness (QED) is 0.886. The van der Waals surface area contributed by atoms with Crippen molar-refractivity contribution in [2.24, 2.45) is 0 Å². The molecule has 0 saturated carbocycles. The number of carboxylic acid groups (broad SMARTS) is 1. The number of rotatable bonds is 6. The van der Waals surface area contributed by atoms with Gasteiger partial charge in [-0.3, -0.25) is 4.79 Å². The molecular weight excluding hydrogens is 266 g/mol. The predicted molar refractivity (Wildman–Crippen MR) is 83.1 cm³/mol. The standard InChI is InChI=1S/C17H19NO3/c1-18(15-10-6-7-11-16(15)21-2)12-14(17(19)20)13-8-4-3-5-9-13/h3-11,14H,12H2,1-2H3,(H,19,20). The van der Waals surface area contributed by atoms with Crippen molar-refractivity contribution in [1.29, 1.82) is 0 Å². The molecule has 0 aliphatic heterocycles. The molecule has 2 aromatic rings. The lowest BCUT2D eigenvalue weighted by molar-refractivity contribution is -0.138. The minimum Gasteiger partial charge on any atom is -0.495 e. The lowest BCUT2D eigenvalue weighted by atomic mass is 9.98. The average molecular weight is 285 g/mol. The molecule has 4 heteroatoms. The maximum absolute atomic E-state index is 11.6. The van der Waals surface area contributed by atoms with E-state index in [4.69, 9.17) is 4.74 Å². The Morgan fingerprint density at radius 3 is 2.38 bits per heavy atom. The summed E-state index contributed by atoms with van der Waals surface area (Å²) in [7, 11) is 3.48. The molecule has 0 aliphatic carbocycles. The molecule has 0 heterocycles. The lowest BCUT2D eigenvalue weighted by Gasteiger charge is -2.25. The van der Waals surface area contributed by atoms with Crippen LogP contribution >= 0.6 is 0 Å². The van der Waals surface area contributed by atoms with Crippen molar-refractivity contribution in [3.8, 4) is 5.75 Å². The second kappa shape index (κ2) is 6.79. The van der Waals surface area contributed by atoms with E-state index in [1.165, 1.54) is 0 Å². The Balaban J connectivity index is 2.23. The zero-order chi connectivity index (χ0) is 15.2. The van der Waals surface area contributed by atoms with E-state index in [-0.39, 0.29) is 0 Å². The van der Waals surface area contributed by atoms with Crippen molar-refractivity contribution in [3.05, 3.63) is 60.2 Å². The van der Waals surface area contributed by atoms with Gasteiger partial charge in [-0.15, -0.1) is 0 Å². The number of hydrogen-bond acceptors (Lipinski definition) is 3. The minimum atomic E-state index is -0.831. The summed E-state index contributed by atoms with van der Waals surface area (Å²) in [5.74, 6) is -0.679. The third-order valence-corrected chi connectivity index (χ3v) is 3.45. The molecule has 0 aromatic heterocycles. The molecule has 1 atom stereocenters. The largest absolute Gasteiger partial charge is 0.495 e. The molecule has 21 heavy (non-hydrogen) atoms. The smallest absolute Gasteiger partial charge is 0.312 e. The maximum atomic E-state index is 11.6. The van der Waals surface area contributed by atoms with Gasteiger partial charge in [0, 0.05) is 13.6 Å². The third-order valence-electron chi connectivity index (χ3n) is 3.45. The van der Waals surface area contributed by atoms with E-state index >= 15 is 0 Å². The van der Waals surface area contributed by atoms with Crippen molar-refractivity contribution in [2.45, 2.75) is 5.92 Å². The van der Waals surface area contributed by atoms with E-state index in [1.807, 2.05) is 66.5 Å². The Hall–Kier alpha value is -2.49. The van der Waals surface area contributed by atoms with E-state index in [2.05, 4.69) is 0 Å². The van der Waals surface area contributed by atoms with Crippen LogP contribution in [0.4, 0.5) is 5.69 Å². The fourth-order valence-corrected chi connectivity index (χ4v) is 2.33. The molecule has 4 nitrogen and oxygen atoms in total. The predicted octanol–water partition coefficient (Wildman–Crippen LogP) is 3.00. The highest BCUT2D eigenvalue weighted by Crippen LogP contribution is 2.28. The summed E-state index contributed by atoms with van der Waals surface area (Å²) in [5.41, 5.74) is 1.67. The van der Waals surface area contributed by atoms with Gasteiger partial charge in [-0.2, -0.15) is 0 Å². The highest BCUT2D eigenvalue weighted by molar-refractivity contribution is 5.77.